The molecule has 0 aliphatic carbocycles. The first-order valence-electron chi connectivity index (χ1n) is 9.79. The minimum absolute atomic E-state index is 0.0380. The molecule has 33 heavy (non-hydrogen) atoms. The van der Waals surface area contributed by atoms with E-state index >= 15 is 0 Å². The molecule has 1 N–H and O–H groups in total. The van der Waals surface area contributed by atoms with Crippen LogP contribution in [0.25, 0.3) is 0 Å². The Morgan fingerprint density at radius 3 is 2.27 bits per heavy atom. The smallest absolute Gasteiger partial charge is 0.244 e. The molecule has 2 aromatic carbocycles. The zero-order chi connectivity index (χ0) is 24.9. The van der Waals surface area contributed by atoms with E-state index in [1.165, 1.54) is 37.3 Å². The summed E-state index contributed by atoms with van der Waals surface area (Å²) in [5.74, 6) is -1.78. The normalized spacial score (nSPS) is 12.2. The van der Waals surface area contributed by atoms with E-state index < -0.39 is 40.2 Å². The van der Waals surface area contributed by atoms with Gasteiger partial charge in [0.1, 0.15) is 18.4 Å². The Labute approximate surface area is 207 Å². The number of halogens is 4. The van der Waals surface area contributed by atoms with Crippen molar-refractivity contribution in [2.24, 2.45) is 0 Å². The van der Waals surface area contributed by atoms with Gasteiger partial charge in [-0.1, -0.05) is 53.0 Å². The molecule has 0 unspecified atom stereocenters. The van der Waals surface area contributed by atoms with Gasteiger partial charge in [0, 0.05) is 18.7 Å². The van der Waals surface area contributed by atoms with Crippen LogP contribution in [0.3, 0.4) is 0 Å². The van der Waals surface area contributed by atoms with Crippen molar-refractivity contribution in [2.45, 2.75) is 26.4 Å². The number of hydrogen-bond acceptors (Lipinski definition) is 4. The predicted octanol–water partition coefficient (Wildman–Crippen LogP) is 4.11. The van der Waals surface area contributed by atoms with Crippen LogP contribution in [0.4, 0.5) is 10.1 Å². The highest BCUT2D eigenvalue weighted by atomic mass is 35.5. The molecule has 0 saturated carbocycles. The highest BCUT2D eigenvalue weighted by molar-refractivity contribution is 7.92. The van der Waals surface area contributed by atoms with E-state index in [1.54, 1.807) is 13.0 Å². The summed E-state index contributed by atoms with van der Waals surface area (Å²) in [5.41, 5.74) is 0.110. The summed E-state index contributed by atoms with van der Waals surface area (Å²) < 4.78 is 40.1. The highest BCUT2D eigenvalue weighted by Gasteiger charge is 2.31. The fraction of sp³-hybridized carbons (Fsp3) is 0.333. The number of anilines is 1. The highest BCUT2D eigenvalue weighted by Crippen LogP contribution is 2.35. The number of carbonyl (C=O) groups is 2. The summed E-state index contributed by atoms with van der Waals surface area (Å²) in [6.45, 7) is 2.55. The van der Waals surface area contributed by atoms with Crippen molar-refractivity contribution in [2.75, 3.05) is 23.7 Å². The minimum atomic E-state index is -4.01. The lowest BCUT2D eigenvalue weighted by Gasteiger charge is -2.31. The lowest BCUT2D eigenvalue weighted by molar-refractivity contribution is -0.139. The second-order valence-electron chi connectivity index (χ2n) is 7.17. The third kappa shape index (κ3) is 6.96. The monoisotopic (exact) mass is 537 g/mol. The molecule has 180 valence electrons. The maximum atomic E-state index is 14.3. The molecule has 0 heterocycles. The summed E-state index contributed by atoms with van der Waals surface area (Å²) in [6, 6.07) is 7.28. The van der Waals surface area contributed by atoms with Crippen LogP contribution in [0.2, 0.25) is 15.1 Å². The zero-order valence-electron chi connectivity index (χ0n) is 18.1. The summed E-state index contributed by atoms with van der Waals surface area (Å²) >= 11 is 18.1. The number of hydrogen-bond donors (Lipinski definition) is 1. The minimum Gasteiger partial charge on any atom is -0.355 e. The maximum absolute atomic E-state index is 14.3. The van der Waals surface area contributed by atoms with Gasteiger partial charge in [-0.3, -0.25) is 13.9 Å². The van der Waals surface area contributed by atoms with Gasteiger partial charge in [0.15, 0.2) is 0 Å². The Hall–Kier alpha value is -2.07. The Morgan fingerprint density at radius 1 is 1.09 bits per heavy atom. The van der Waals surface area contributed by atoms with Gasteiger partial charge in [0.2, 0.25) is 21.8 Å². The fourth-order valence-electron chi connectivity index (χ4n) is 3.01. The van der Waals surface area contributed by atoms with Crippen LogP contribution in [0.1, 0.15) is 19.4 Å². The standard InChI is InChI=1S/C21H23Cl3FN3O4S/c1-4-26-21(30)13(2)27(11-14-7-5-6-8-18(14)25)20(29)12-28(33(3,31)32)19-10-16(23)15(22)9-17(19)24/h5-10,13H,4,11-12H2,1-3H3,(H,26,30)/t13-/m0/s1. The molecule has 7 nitrogen and oxygen atoms in total. The number of amides is 2. The Morgan fingerprint density at radius 2 is 1.70 bits per heavy atom. The number of likely N-dealkylation sites (N-methyl/N-ethyl adjacent to an activating group) is 1. The number of rotatable bonds is 9. The lowest BCUT2D eigenvalue weighted by Crippen LogP contribution is -2.51. The average Bonchev–Trinajstić information content (AvgIpc) is 2.73. The second-order valence-corrected chi connectivity index (χ2v) is 10.3. The first-order valence-corrected chi connectivity index (χ1v) is 12.8. The van der Waals surface area contributed by atoms with Crippen molar-refractivity contribution in [1.29, 1.82) is 0 Å². The summed E-state index contributed by atoms with van der Waals surface area (Å²) in [6.07, 6.45) is 0.896. The molecular formula is C21H23Cl3FN3O4S. The molecule has 12 heteroatoms. The third-order valence-corrected chi connectivity index (χ3v) is 6.91. The van der Waals surface area contributed by atoms with E-state index in [-0.39, 0.29) is 32.9 Å². The van der Waals surface area contributed by atoms with Gasteiger partial charge in [0.05, 0.1) is 27.0 Å². The second kappa shape index (κ2) is 11.4. The van der Waals surface area contributed by atoms with E-state index in [2.05, 4.69) is 5.32 Å². The average molecular weight is 539 g/mol. The Bertz CT molecular complexity index is 1150. The largest absolute Gasteiger partial charge is 0.355 e. The lowest BCUT2D eigenvalue weighted by atomic mass is 10.1. The molecule has 0 radical (unpaired) electrons. The van der Waals surface area contributed by atoms with Crippen LogP contribution < -0.4 is 9.62 Å². The molecule has 0 aromatic heterocycles. The Kier molecular flexibility index (Phi) is 9.37. The maximum Gasteiger partial charge on any atom is 0.244 e. The van der Waals surface area contributed by atoms with Gasteiger partial charge in [0.25, 0.3) is 0 Å². The van der Waals surface area contributed by atoms with Gasteiger partial charge < -0.3 is 10.2 Å². The first kappa shape index (κ1) is 27.2. The van der Waals surface area contributed by atoms with Crippen molar-refractivity contribution < 1.29 is 22.4 Å². The number of benzene rings is 2. The van der Waals surface area contributed by atoms with E-state index in [0.717, 1.165) is 15.5 Å². The zero-order valence-corrected chi connectivity index (χ0v) is 21.2. The summed E-state index contributed by atoms with van der Waals surface area (Å²) in [7, 11) is -4.01. The molecule has 0 aliphatic heterocycles. The number of sulfonamides is 1. The van der Waals surface area contributed by atoms with Crippen LogP contribution in [0.5, 0.6) is 0 Å². The van der Waals surface area contributed by atoms with Crippen LogP contribution in [0.15, 0.2) is 36.4 Å². The molecule has 0 fully saturated rings. The molecule has 2 aromatic rings. The van der Waals surface area contributed by atoms with Gasteiger partial charge >= 0.3 is 0 Å². The molecule has 0 saturated heterocycles. The molecule has 1 atom stereocenters. The van der Waals surface area contributed by atoms with Gasteiger partial charge in [-0.05, 0) is 32.0 Å². The molecular weight excluding hydrogens is 516 g/mol. The van der Waals surface area contributed by atoms with E-state index in [1.807, 2.05) is 0 Å². The van der Waals surface area contributed by atoms with Crippen LogP contribution >= 0.6 is 34.8 Å². The van der Waals surface area contributed by atoms with Crippen molar-refractivity contribution in [3.63, 3.8) is 0 Å². The predicted molar refractivity (Wildman–Crippen MR) is 129 cm³/mol. The third-order valence-electron chi connectivity index (χ3n) is 4.75. The molecule has 0 spiro atoms. The van der Waals surface area contributed by atoms with Gasteiger partial charge in [-0.15, -0.1) is 0 Å². The quantitative estimate of drug-likeness (QED) is 0.487. The Balaban J connectivity index is 2.47. The summed E-state index contributed by atoms with van der Waals surface area (Å²) in [5, 5.41) is 2.71. The van der Waals surface area contributed by atoms with Crippen LogP contribution in [0, 0.1) is 5.82 Å². The molecule has 0 aliphatic rings. The van der Waals surface area contributed by atoms with Gasteiger partial charge in [-0.2, -0.15) is 0 Å². The van der Waals surface area contributed by atoms with Crippen LogP contribution in [-0.2, 0) is 26.2 Å². The van der Waals surface area contributed by atoms with Crippen molar-refractivity contribution >= 4 is 62.3 Å². The molecule has 2 rings (SSSR count). The number of carbonyl (C=O) groups excluding carboxylic acids is 2. The number of nitrogens with zero attached hydrogens (tertiary/aromatic N) is 2. The SMILES string of the molecule is CCNC(=O)[C@H](C)N(Cc1ccccc1F)C(=O)CN(c1cc(Cl)c(Cl)cc1Cl)S(C)(=O)=O. The van der Waals surface area contributed by atoms with Crippen LogP contribution in [-0.4, -0.2) is 50.5 Å². The number of nitrogens with one attached hydrogen (secondary N) is 1. The van der Waals surface area contributed by atoms with Gasteiger partial charge in [-0.25, -0.2) is 12.8 Å². The van der Waals surface area contributed by atoms with E-state index in [9.17, 15) is 22.4 Å². The van der Waals surface area contributed by atoms with E-state index in [0.29, 0.717) is 6.54 Å². The van der Waals surface area contributed by atoms with Crippen molar-refractivity contribution in [3.8, 4) is 0 Å². The summed E-state index contributed by atoms with van der Waals surface area (Å²) in [4.78, 5) is 26.9. The van der Waals surface area contributed by atoms with Crippen molar-refractivity contribution in [1.82, 2.24) is 10.2 Å². The fourth-order valence-corrected chi connectivity index (χ4v) is 4.56. The van der Waals surface area contributed by atoms with E-state index in [4.69, 9.17) is 34.8 Å². The molecule has 2 amide bonds. The topological polar surface area (TPSA) is 86.8 Å². The molecule has 0 bridgehead atoms. The van der Waals surface area contributed by atoms with Crippen molar-refractivity contribution in [3.05, 3.63) is 62.8 Å². The first-order chi connectivity index (χ1) is 15.4.